The molecule has 0 saturated heterocycles. The van der Waals surface area contributed by atoms with Gasteiger partial charge in [0, 0.05) is 24.3 Å². The van der Waals surface area contributed by atoms with Gasteiger partial charge >= 0.3 is 6.01 Å². The SMILES string of the molecule is CCn1c(Oc2ccc3cc[nH]c3c2)nnc1[C@@H](C)NS(=O)(=O)c1[nH]c(C)nc1C. The second-order valence-electron chi connectivity index (χ2n) is 6.99. The van der Waals surface area contributed by atoms with E-state index in [9.17, 15) is 8.42 Å². The van der Waals surface area contributed by atoms with E-state index in [1.165, 1.54) is 0 Å². The Hall–Kier alpha value is -3.18. The van der Waals surface area contributed by atoms with E-state index in [0.29, 0.717) is 29.6 Å². The molecule has 0 unspecified atom stereocenters. The number of nitrogens with zero attached hydrogens (tertiary/aromatic N) is 4. The van der Waals surface area contributed by atoms with E-state index < -0.39 is 16.1 Å². The van der Waals surface area contributed by atoms with E-state index in [-0.39, 0.29) is 11.0 Å². The lowest BCUT2D eigenvalue weighted by atomic mass is 10.2. The van der Waals surface area contributed by atoms with Gasteiger partial charge in [-0.3, -0.25) is 4.57 Å². The second kappa shape index (κ2) is 7.58. The second-order valence-corrected chi connectivity index (χ2v) is 8.64. The van der Waals surface area contributed by atoms with Crippen molar-refractivity contribution < 1.29 is 13.2 Å². The summed E-state index contributed by atoms with van der Waals surface area (Å²) in [5.74, 6) is 1.59. The molecule has 1 aromatic carbocycles. The van der Waals surface area contributed by atoms with Gasteiger partial charge in [-0.05, 0) is 51.3 Å². The minimum absolute atomic E-state index is 0.0464. The van der Waals surface area contributed by atoms with Crippen molar-refractivity contribution >= 4 is 20.9 Å². The van der Waals surface area contributed by atoms with Crippen molar-refractivity contribution in [1.29, 1.82) is 0 Å². The molecule has 0 aliphatic carbocycles. The molecule has 3 heterocycles. The fourth-order valence-electron chi connectivity index (χ4n) is 3.38. The molecule has 1 atom stereocenters. The number of aromatic nitrogens is 6. The fraction of sp³-hybridized carbons (Fsp3) is 0.316. The first-order chi connectivity index (χ1) is 14.3. The Morgan fingerprint density at radius 3 is 2.73 bits per heavy atom. The third-order valence-corrected chi connectivity index (χ3v) is 6.34. The molecule has 0 radical (unpaired) electrons. The number of ether oxygens (including phenoxy) is 1. The molecule has 30 heavy (non-hydrogen) atoms. The number of fused-ring (bicyclic) bond motifs is 1. The summed E-state index contributed by atoms with van der Waals surface area (Å²) in [7, 11) is -3.80. The molecule has 0 spiro atoms. The number of nitrogens with one attached hydrogen (secondary N) is 3. The highest BCUT2D eigenvalue weighted by atomic mass is 32.2. The summed E-state index contributed by atoms with van der Waals surface area (Å²) in [6, 6.07) is 7.30. The molecule has 4 aromatic rings. The maximum atomic E-state index is 12.8. The average molecular weight is 430 g/mol. The Balaban J connectivity index is 1.58. The van der Waals surface area contributed by atoms with Gasteiger partial charge in [-0.15, -0.1) is 5.10 Å². The van der Waals surface area contributed by atoms with Crippen LogP contribution in [-0.4, -0.2) is 38.1 Å². The minimum Gasteiger partial charge on any atom is -0.424 e. The maximum absolute atomic E-state index is 12.8. The molecule has 0 aliphatic rings. The molecule has 0 bridgehead atoms. The van der Waals surface area contributed by atoms with Gasteiger partial charge in [0.1, 0.15) is 11.6 Å². The van der Waals surface area contributed by atoms with Gasteiger partial charge in [0.05, 0.1) is 11.7 Å². The van der Waals surface area contributed by atoms with Gasteiger partial charge in [-0.1, -0.05) is 5.10 Å². The summed E-state index contributed by atoms with van der Waals surface area (Å²) in [4.78, 5) is 10.1. The molecule has 158 valence electrons. The summed E-state index contributed by atoms with van der Waals surface area (Å²) < 4.78 is 35.8. The van der Waals surface area contributed by atoms with Crippen LogP contribution in [0.2, 0.25) is 0 Å². The zero-order chi connectivity index (χ0) is 21.5. The number of imidazole rings is 1. The average Bonchev–Trinajstić information content (AvgIpc) is 3.39. The zero-order valence-electron chi connectivity index (χ0n) is 17.1. The number of aryl methyl sites for hydroxylation is 2. The lowest BCUT2D eigenvalue weighted by molar-refractivity contribution is 0.408. The monoisotopic (exact) mass is 429 g/mol. The molecule has 4 rings (SSSR count). The molecule has 10 nitrogen and oxygen atoms in total. The highest BCUT2D eigenvalue weighted by molar-refractivity contribution is 7.89. The molecule has 0 aliphatic heterocycles. The van der Waals surface area contributed by atoms with Crippen LogP contribution < -0.4 is 9.46 Å². The van der Waals surface area contributed by atoms with Crippen molar-refractivity contribution in [2.75, 3.05) is 0 Å². The van der Waals surface area contributed by atoms with Crippen LogP contribution in [0.25, 0.3) is 10.9 Å². The Labute approximate surface area is 173 Å². The first kappa shape index (κ1) is 20.1. The first-order valence-corrected chi connectivity index (χ1v) is 11.0. The smallest absolute Gasteiger partial charge is 0.322 e. The Morgan fingerprint density at radius 2 is 2.03 bits per heavy atom. The van der Waals surface area contributed by atoms with Crippen LogP contribution in [0.15, 0.2) is 35.5 Å². The van der Waals surface area contributed by atoms with E-state index in [0.717, 1.165) is 10.9 Å². The van der Waals surface area contributed by atoms with Gasteiger partial charge in [-0.2, -0.15) is 4.72 Å². The van der Waals surface area contributed by atoms with E-state index in [2.05, 4.69) is 29.9 Å². The third-order valence-electron chi connectivity index (χ3n) is 4.74. The molecule has 3 N–H and O–H groups in total. The number of H-pyrrole nitrogens is 2. The van der Waals surface area contributed by atoms with Gasteiger partial charge in [-0.25, -0.2) is 13.4 Å². The Morgan fingerprint density at radius 1 is 1.23 bits per heavy atom. The number of sulfonamides is 1. The molecule has 11 heteroatoms. The van der Waals surface area contributed by atoms with Crippen molar-refractivity contribution in [3.8, 4) is 11.8 Å². The van der Waals surface area contributed by atoms with E-state index in [4.69, 9.17) is 4.74 Å². The number of hydrogen-bond donors (Lipinski definition) is 3. The third kappa shape index (κ3) is 3.68. The summed E-state index contributed by atoms with van der Waals surface area (Å²) in [5, 5.41) is 9.41. The fourth-order valence-corrected chi connectivity index (χ4v) is 4.79. The summed E-state index contributed by atoms with van der Waals surface area (Å²) >= 11 is 0. The zero-order valence-corrected chi connectivity index (χ0v) is 17.9. The van der Waals surface area contributed by atoms with Crippen molar-refractivity contribution in [1.82, 2.24) is 34.4 Å². The van der Waals surface area contributed by atoms with E-state index in [1.807, 2.05) is 37.4 Å². The van der Waals surface area contributed by atoms with Gasteiger partial charge in [0.25, 0.3) is 10.0 Å². The molecule has 0 saturated carbocycles. The van der Waals surface area contributed by atoms with E-state index in [1.54, 1.807) is 25.3 Å². The van der Waals surface area contributed by atoms with Crippen LogP contribution in [0.4, 0.5) is 0 Å². The van der Waals surface area contributed by atoms with Crippen LogP contribution in [0, 0.1) is 13.8 Å². The van der Waals surface area contributed by atoms with Crippen molar-refractivity contribution in [3.63, 3.8) is 0 Å². The minimum atomic E-state index is -3.80. The van der Waals surface area contributed by atoms with Crippen LogP contribution in [0.5, 0.6) is 11.8 Å². The number of rotatable bonds is 7. The number of benzene rings is 1. The van der Waals surface area contributed by atoms with Crippen molar-refractivity contribution in [2.45, 2.75) is 45.3 Å². The van der Waals surface area contributed by atoms with Gasteiger partial charge in [0.15, 0.2) is 10.9 Å². The van der Waals surface area contributed by atoms with Crippen LogP contribution in [0.1, 0.15) is 37.2 Å². The Kier molecular flexibility index (Phi) is 5.08. The standard InChI is InChI=1S/C19H23N7O3S/c1-5-26-17(11(2)25-30(27,28)18-12(3)21-13(4)22-18)23-24-19(26)29-15-7-6-14-8-9-20-16(14)10-15/h6-11,20,25H,5H2,1-4H3,(H,21,22)/t11-/m1/s1. The van der Waals surface area contributed by atoms with Crippen molar-refractivity contribution in [3.05, 3.63) is 47.8 Å². The van der Waals surface area contributed by atoms with Crippen LogP contribution in [-0.2, 0) is 16.6 Å². The summed E-state index contributed by atoms with van der Waals surface area (Å²) in [6.07, 6.45) is 1.86. The predicted octanol–water partition coefficient (Wildman–Crippen LogP) is 2.95. The van der Waals surface area contributed by atoms with Gasteiger partial charge < -0.3 is 14.7 Å². The molecule has 0 amide bonds. The van der Waals surface area contributed by atoms with Crippen LogP contribution >= 0.6 is 0 Å². The van der Waals surface area contributed by atoms with Gasteiger partial charge in [0.2, 0.25) is 0 Å². The largest absolute Gasteiger partial charge is 0.424 e. The quantitative estimate of drug-likeness (QED) is 0.414. The lowest BCUT2D eigenvalue weighted by Crippen LogP contribution is -2.29. The van der Waals surface area contributed by atoms with E-state index >= 15 is 0 Å². The highest BCUT2D eigenvalue weighted by Gasteiger charge is 2.26. The van der Waals surface area contributed by atoms with Crippen LogP contribution in [0.3, 0.4) is 0 Å². The molecular weight excluding hydrogens is 406 g/mol. The number of aromatic amines is 2. The normalized spacial score (nSPS) is 13.1. The summed E-state index contributed by atoms with van der Waals surface area (Å²) in [5.41, 5.74) is 1.36. The highest BCUT2D eigenvalue weighted by Crippen LogP contribution is 2.26. The Bertz CT molecular complexity index is 1300. The predicted molar refractivity (Wildman–Crippen MR) is 111 cm³/mol. The molecular formula is C19H23N7O3S. The number of hydrogen-bond acceptors (Lipinski definition) is 6. The van der Waals surface area contributed by atoms with Crippen molar-refractivity contribution in [2.24, 2.45) is 0 Å². The topological polar surface area (TPSA) is 131 Å². The first-order valence-electron chi connectivity index (χ1n) is 9.52. The molecule has 3 aromatic heterocycles. The maximum Gasteiger partial charge on any atom is 0.322 e. The summed E-state index contributed by atoms with van der Waals surface area (Å²) in [6.45, 7) is 7.48. The molecule has 0 fully saturated rings. The lowest BCUT2D eigenvalue weighted by Gasteiger charge is -2.15.